The first kappa shape index (κ1) is 17.9. The quantitative estimate of drug-likeness (QED) is 0.562. The molecule has 0 amide bonds. The molecule has 2 aliphatic heterocycles. The third-order valence-electron chi connectivity index (χ3n) is 3.78. The van der Waals surface area contributed by atoms with E-state index in [4.69, 9.17) is 0 Å². The molecule has 0 aromatic heterocycles. The van der Waals surface area contributed by atoms with Crippen LogP contribution in [-0.2, 0) is 0 Å². The highest BCUT2D eigenvalue weighted by Gasteiger charge is 2.21. The van der Waals surface area contributed by atoms with Gasteiger partial charge in [0, 0.05) is 44.1 Å². The number of benzene rings is 1. The zero-order valence-corrected chi connectivity index (χ0v) is 15.2. The van der Waals surface area contributed by atoms with E-state index in [2.05, 4.69) is 27.1 Å². The highest BCUT2D eigenvalue weighted by atomic mass is 79.9. The van der Waals surface area contributed by atoms with Gasteiger partial charge in [0.05, 0.1) is 10.6 Å². The molecule has 0 spiro atoms. The van der Waals surface area contributed by atoms with Gasteiger partial charge in [0.1, 0.15) is 0 Å². The maximum Gasteiger partial charge on any atom is 0.269 e. The Kier molecular flexibility index (Phi) is 6.14. The Balaban J connectivity index is 0.00000192. The Labute approximate surface area is 149 Å². The molecule has 2 heterocycles. The largest absolute Gasteiger partial charge is 0.347 e. The molecule has 0 aliphatic carbocycles. The van der Waals surface area contributed by atoms with Gasteiger partial charge in [0.25, 0.3) is 5.69 Å². The summed E-state index contributed by atoms with van der Waals surface area (Å²) in [7, 11) is 2.12. The maximum atomic E-state index is 10.7. The summed E-state index contributed by atoms with van der Waals surface area (Å²) < 4.78 is 0. The number of piperazine rings is 1. The van der Waals surface area contributed by atoms with E-state index < -0.39 is 4.92 Å². The summed E-state index contributed by atoms with van der Waals surface area (Å²) in [5.74, 6) is 0.739. The summed E-state index contributed by atoms with van der Waals surface area (Å²) in [4.78, 5) is 14.8. The second-order valence-corrected chi connectivity index (χ2v) is 6.25. The number of nitro benzene ring substituents is 1. The smallest absolute Gasteiger partial charge is 0.269 e. The summed E-state index contributed by atoms with van der Waals surface area (Å²) in [6, 6.07) is 6.46. The summed E-state index contributed by atoms with van der Waals surface area (Å²) in [5, 5.41) is 20.3. The van der Waals surface area contributed by atoms with Gasteiger partial charge in [-0.25, -0.2) is 0 Å². The third kappa shape index (κ3) is 4.30. The molecule has 1 saturated heterocycles. The SMILES string of the molecule is Br.CN1CCN(C2=NN=C(c3ccc([N+](=O)[O-])cc3)CS2)CC1. The Morgan fingerprint density at radius 1 is 1.13 bits per heavy atom. The van der Waals surface area contributed by atoms with Gasteiger partial charge < -0.3 is 9.80 Å². The van der Waals surface area contributed by atoms with Crippen LogP contribution in [0.2, 0.25) is 0 Å². The number of nitro groups is 1. The van der Waals surface area contributed by atoms with E-state index in [1.165, 1.54) is 12.1 Å². The summed E-state index contributed by atoms with van der Waals surface area (Å²) >= 11 is 1.68. The average molecular weight is 400 g/mol. The summed E-state index contributed by atoms with van der Waals surface area (Å²) in [5.41, 5.74) is 1.84. The van der Waals surface area contributed by atoms with Gasteiger partial charge in [-0.3, -0.25) is 10.1 Å². The van der Waals surface area contributed by atoms with Crippen molar-refractivity contribution in [3.05, 3.63) is 39.9 Å². The zero-order valence-electron chi connectivity index (χ0n) is 12.7. The fourth-order valence-electron chi connectivity index (χ4n) is 2.36. The lowest BCUT2D eigenvalue weighted by Crippen LogP contribution is -2.46. The van der Waals surface area contributed by atoms with Gasteiger partial charge in [-0.15, -0.1) is 22.1 Å². The number of thioether (sulfide) groups is 1. The van der Waals surface area contributed by atoms with E-state index >= 15 is 0 Å². The fourth-order valence-corrected chi connectivity index (χ4v) is 3.32. The molecule has 0 bridgehead atoms. The predicted molar refractivity (Wildman–Crippen MR) is 98.9 cm³/mol. The van der Waals surface area contributed by atoms with Gasteiger partial charge >= 0.3 is 0 Å². The molecule has 1 aromatic rings. The van der Waals surface area contributed by atoms with E-state index in [1.807, 2.05) is 0 Å². The van der Waals surface area contributed by atoms with Crippen LogP contribution in [0.1, 0.15) is 5.56 Å². The monoisotopic (exact) mass is 399 g/mol. The van der Waals surface area contributed by atoms with Crippen LogP contribution in [0.3, 0.4) is 0 Å². The number of rotatable bonds is 2. The fraction of sp³-hybridized carbons (Fsp3) is 0.429. The van der Waals surface area contributed by atoms with Crippen LogP contribution in [-0.4, -0.2) is 64.6 Å². The van der Waals surface area contributed by atoms with Crippen LogP contribution < -0.4 is 0 Å². The first-order valence-electron chi connectivity index (χ1n) is 7.09. The Hall–Kier alpha value is -1.45. The number of halogens is 1. The lowest BCUT2D eigenvalue weighted by Gasteiger charge is -2.34. The molecule has 1 aromatic carbocycles. The normalized spacial score (nSPS) is 18.7. The minimum absolute atomic E-state index is 0. The van der Waals surface area contributed by atoms with Crippen LogP contribution in [0.5, 0.6) is 0 Å². The van der Waals surface area contributed by atoms with Gasteiger partial charge in [-0.1, -0.05) is 11.8 Å². The van der Waals surface area contributed by atoms with E-state index in [1.54, 1.807) is 23.9 Å². The molecule has 0 unspecified atom stereocenters. The Bertz CT molecular complexity index is 627. The molecule has 3 rings (SSSR count). The molecule has 0 N–H and O–H groups in total. The molecule has 23 heavy (non-hydrogen) atoms. The van der Waals surface area contributed by atoms with Crippen LogP contribution in [0.15, 0.2) is 34.5 Å². The number of nitrogens with zero attached hydrogens (tertiary/aromatic N) is 5. The molecule has 0 saturated carbocycles. The van der Waals surface area contributed by atoms with Gasteiger partial charge in [0.15, 0.2) is 5.17 Å². The zero-order chi connectivity index (χ0) is 15.5. The third-order valence-corrected chi connectivity index (χ3v) is 4.80. The standard InChI is InChI=1S/C14H17N5O2S.BrH/c1-17-6-8-18(9-7-17)14-16-15-13(10-22-14)11-2-4-12(5-3-11)19(20)21;/h2-5H,6-10H2,1H3;1H. The minimum atomic E-state index is -0.398. The molecule has 1 fully saturated rings. The van der Waals surface area contributed by atoms with Crippen molar-refractivity contribution in [1.29, 1.82) is 0 Å². The van der Waals surface area contributed by atoms with Gasteiger partial charge in [0.2, 0.25) is 0 Å². The van der Waals surface area contributed by atoms with Crippen LogP contribution >= 0.6 is 28.7 Å². The van der Waals surface area contributed by atoms with Crippen molar-refractivity contribution in [2.75, 3.05) is 39.0 Å². The van der Waals surface area contributed by atoms with E-state index in [0.29, 0.717) is 0 Å². The number of likely N-dealkylation sites (N-methyl/N-ethyl adjacent to an activating group) is 1. The van der Waals surface area contributed by atoms with E-state index in [0.717, 1.165) is 48.4 Å². The minimum Gasteiger partial charge on any atom is -0.347 e. The highest BCUT2D eigenvalue weighted by Crippen LogP contribution is 2.20. The first-order chi connectivity index (χ1) is 10.6. The predicted octanol–water partition coefficient (Wildman–Crippen LogP) is 2.23. The van der Waals surface area contributed by atoms with E-state index in [-0.39, 0.29) is 22.7 Å². The topological polar surface area (TPSA) is 74.3 Å². The lowest BCUT2D eigenvalue weighted by atomic mass is 10.1. The Morgan fingerprint density at radius 3 is 2.30 bits per heavy atom. The Morgan fingerprint density at radius 2 is 1.78 bits per heavy atom. The van der Waals surface area contributed by atoms with Crippen LogP contribution in [0.25, 0.3) is 0 Å². The number of hydrogen-bond acceptors (Lipinski definition) is 7. The summed E-state index contributed by atoms with van der Waals surface area (Å²) in [6.45, 7) is 4.03. The van der Waals surface area contributed by atoms with Crippen molar-refractivity contribution in [2.45, 2.75) is 0 Å². The number of non-ortho nitro benzene ring substituents is 1. The van der Waals surface area contributed by atoms with Crippen LogP contribution in [0.4, 0.5) is 5.69 Å². The van der Waals surface area contributed by atoms with Crippen molar-refractivity contribution >= 4 is 45.3 Å². The molecular weight excluding hydrogens is 382 g/mol. The highest BCUT2D eigenvalue weighted by molar-refractivity contribution is 8.93. The van der Waals surface area contributed by atoms with Crippen molar-refractivity contribution in [3.63, 3.8) is 0 Å². The van der Waals surface area contributed by atoms with Crippen molar-refractivity contribution in [3.8, 4) is 0 Å². The number of amidine groups is 1. The second kappa shape index (κ2) is 7.89. The van der Waals surface area contributed by atoms with Gasteiger partial charge in [-0.05, 0) is 24.7 Å². The molecule has 9 heteroatoms. The molecular formula is C14H18BrN5O2S. The van der Waals surface area contributed by atoms with Crippen molar-refractivity contribution in [1.82, 2.24) is 9.80 Å². The van der Waals surface area contributed by atoms with Gasteiger partial charge in [-0.2, -0.15) is 5.10 Å². The molecule has 124 valence electrons. The lowest BCUT2D eigenvalue weighted by molar-refractivity contribution is -0.384. The van der Waals surface area contributed by atoms with E-state index in [9.17, 15) is 10.1 Å². The molecule has 0 atom stereocenters. The molecule has 2 aliphatic rings. The van der Waals surface area contributed by atoms with Crippen molar-refractivity contribution in [2.24, 2.45) is 10.2 Å². The van der Waals surface area contributed by atoms with Crippen LogP contribution in [0, 0.1) is 10.1 Å². The van der Waals surface area contributed by atoms with Crippen molar-refractivity contribution < 1.29 is 4.92 Å². The molecule has 0 radical (unpaired) electrons. The second-order valence-electron chi connectivity index (χ2n) is 5.31. The summed E-state index contributed by atoms with van der Waals surface area (Å²) in [6.07, 6.45) is 0. The maximum absolute atomic E-state index is 10.7. The average Bonchev–Trinajstić information content (AvgIpc) is 2.56. The molecule has 7 nitrogen and oxygen atoms in total. The first-order valence-corrected chi connectivity index (χ1v) is 8.08. The number of hydrogen-bond donors (Lipinski definition) is 0.